The molecule has 0 unspecified atom stereocenters. The maximum absolute atomic E-state index is 7.56. The quantitative estimate of drug-likeness (QED) is 0.498. The highest BCUT2D eigenvalue weighted by atomic mass is 32.1. The lowest BCUT2D eigenvalue weighted by molar-refractivity contribution is -0.335. The second-order valence-electron chi connectivity index (χ2n) is 2.49. The van der Waals surface area contributed by atoms with Gasteiger partial charge < -0.3 is 30.8 Å². The van der Waals surface area contributed by atoms with Crippen LogP contribution in [0.1, 0.15) is 20.8 Å². The molecule has 0 aromatic rings. The zero-order chi connectivity index (χ0) is 13.2. The first-order valence-electron chi connectivity index (χ1n) is 4.52. The molecular weight excluding hydrogens is 252 g/mol. The fraction of sp³-hybridized carbons (Fsp3) is 0.750. The van der Waals surface area contributed by atoms with Crippen molar-refractivity contribution in [3.05, 3.63) is 0 Å². The van der Waals surface area contributed by atoms with Gasteiger partial charge in [0.25, 0.3) is 10.3 Å². The van der Waals surface area contributed by atoms with Crippen LogP contribution in [0.4, 0.5) is 0 Å². The van der Waals surface area contributed by atoms with E-state index in [4.69, 9.17) is 25.1 Å². The summed E-state index contributed by atoms with van der Waals surface area (Å²) in [6.07, 6.45) is 0. The Kier molecular flexibility index (Phi) is 10.5. The van der Waals surface area contributed by atoms with Crippen LogP contribution in [0.25, 0.3) is 0 Å². The van der Waals surface area contributed by atoms with Gasteiger partial charge in [-0.05, 0) is 38.3 Å². The molecule has 0 amide bonds. The molecule has 0 spiro atoms. The number of aliphatic hydroxyl groups excluding tert-OH is 1. The number of ether oxygens (including phenoxy) is 3. The van der Waals surface area contributed by atoms with Gasteiger partial charge in [-0.2, -0.15) is 0 Å². The molecular formula is C8H18N2O4S2. The van der Waals surface area contributed by atoms with E-state index in [9.17, 15) is 0 Å². The topological polar surface area (TPSA) is 100.0 Å². The molecule has 0 aliphatic carbocycles. The molecule has 5 N–H and O–H groups in total. The first kappa shape index (κ1) is 17.7. The molecule has 0 aliphatic heterocycles. The van der Waals surface area contributed by atoms with Crippen molar-refractivity contribution in [2.45, 2.75) is 26.7 Å². The minimum atomic E-state index is -1.14. The summed E-state index contributed by atoms with van der Waals surface area (Å²) >= 11 is 8.44. The average molecular weight is 270 g/mol. The van der Waals surface area contributed by atoms with E-state index in [1.54, 1.807) is 6.92 Å². The summed E-state index contributed by atoms with van der Waals surface area (Å²) < 4.78 is 15.3. The second-order valence-corrected chi connectivity index (χ2v) is 3.31. The molecule has 0 heterocycles. The summed E-state index contributed by atoms with van der Waals surface area (Å²) in [6, 6.07) is 0. The van der Waals surface area contributed by atoms with Crippen LogP contribution in [0.2, 0.25) is 0 Å². The average Bonchev–Trinajstić information content (AvgIpc) is 2.00. The highest BCUT2D eigenvalue weighted by Gasteiger charge is 2.27. The third-order valence-corrected chi connectivity index (χ3v) is 1.18. The van der Waals surface area contributed by atoms with Crippen LogP contribution < -0.4 is 11.5 Å². The molecule has 0 aliphatic rings. The van der Waals surface area contributed by atoms with Gasteiger partial charge in [0, 0.05) is 6.92 Å². The van der Waals surface area contributed by atoms with Crippen LogP contribution in [0.15, 0.2) is 0 Å². The van der Waals surface area contributed by atoms with E-state index in [0.29, 0.717) is 13.2 Å². The predicted molar refractivity (Wildman–Crippen MR) is 68.9 cm³/mol. The summed E-state index contributed by atoms with van der Waals surface area (Å²) in [5.41, 5.74) is 9.59. The molecule has 0 atom stereocenters. The van der Waals surface area contributed by atoms with Crippen molar-refractivity contribution in [1.82, 2.24) is 0 Å². The highest BCUT2D eigenvalue weighted by molar-refractivity contribution is 7.80. The Labute approximate surface area is 106 Å². The van der Waals surface area contributed by atoms with Crippen molar-refractivity contribution in [3.8, 4) is 0 Å². The molecule has 0 rings (SSSR count). The van der Waals surface area contributed by atoms with Crippen molar-refractivity contribution in [1.29, 1.82) is 0 Å². The van der Waals surface area contributed by atoms with Crippen LogP contribution >= 0.6 is 24.4 Å². The number of rotatable bonds is 5. The van der Waals surface area contributed by atoms with E-state index in [1.165, 1.54) is 0 Å². The Morgan fingerprint density at radius 3 is 1.69 bits per heavy atom. The molecule has 0 fully saturated rings. The van der Waals surface area contributed by atoms with E-state index < -0.39 is 11.1 Å². The Hall–Kier alpha value is -0.700. The molecule has 0 saturated carbocycles. The Morgan fingerprint density at radius 1 is 1.19 bits per heavy atom. The normalized spacial score (nSPS) is 9.94. The van der Waals surface area contributed by atoms with Gasteiger partial charge in [0.05, 0.1) is 13.2 Å². The number of thiocarbonyl (C=S) groups is 2. The highest BCUT2D eigenvalue weighted by Crippen LogP contribution is 2.13. The number of hydrogen-bond donors (Lipinski definition) is 3. The van der Waals surface area contributed by atoms with Crippen LogP contribution in [-0.4, -0.2) is 34.6 Å². The summed E-state index contributed by atoms with van der Waals surface area (Å²) in [5, 5.41) is 6.98. The second kappa shape index (κ2) is 9.52. The molecule has 8 heteroatoms. The summed E-state index contributed by atoms with van der Waals surface area (Å²) in [5.74, 6) is -1.14. The van der Waals surface area contributed by atoms with Gasteiger partial charge in [-0.1, -0.05) is 0 Å². The van der Waals surface area contributed by atoms with Crippen molar-refractivity contribution in [2.24, 2.45) is 11.5 Å². The molecule has 16 heavy (non-hydrogen) atoms. The fourth-order valence-corrected chi connectivity index (χ4v) is 0.959. The van der Waals surface area contributed by atoms with Crippen LogP contribution in [0, 0.1) is 0 Å². The first-order valence-corrected chi connectivity index (χ1v) is 5.33. The van der Waals surface area contributed by atoms with E-state index >= 15 is 0 Å². The minimum absolute atomic E-state index is 0.0839. The van der Waals surface area contributed by atoms with Crippen molar-refractivity contribution >= 4 is 34.8 Å². The number of hydrogen-bond acceptors (Lipinski definition) is 5. The van der Waals surface area contributed by atoms with Gasteiger partial charge in [-0.3, -0.25) is 0 Å². The zero-order valence-corrected chi connectivity index (χ0v) is 11.2. The Bertz CT molecular complexity index is 216. The van der Waals surface area contributed by atoms with Crippen molar-refractivity contribution in [3.63, 3.8) is 0 Å². The van der Waals surface area contributed by atoms with E-state index in [0.717, 1.165) is 0 Å². The standard InChI is InChI=1S/C7H15NO3S.CH3NOS/c1-4-9-7(3,10-5-2)11-6(8)12;2-1(3)4/h4-5H2,1-3H3,(H2,8,12);(H3,2,3,4). The smallest absolute Gasteiger partial charge is 0.325 e. The lowest BCUT2D eigenvalue weighted by Gasteiger charge is -2.28. The molecule has 0 saturated heterocycles. The van der Waals surface area contributed by atoms with Crippen molar-refractivity contribution in [2.75, 3.05) is 13.2 Å². The monoisotopic (exact) mass is 270 g/mol. The molecule has 0 aromatic heterocycles. The largest absolute Gasteiger partial charge is 0.487 e. The predicted octanol–water partition coefficient (Wildman–Crippen LogP) is 0.781. The minimum Gasteiger partial charge on any atom is -0.487 e. The molecule has 96 valence electrons. The van der Waals surface area contributed by atoms with Crippen LogP contribution in [0.5, 0.6) is 0 Å². The van der Waals surface area contributed by atoms with Crippen molar-refractivity contribution < 1.29 is 19.3 Å². The van der Waals surface area contributed by atoms with Gasteiger partial charge in [0.2, 0.25) is 0 Å². The number of aliphatic hydroxyl groups is 1. The van der Waals surface area contributed by atoms with E-state index in [2.05, 4.69) is 30.2 Å². The van der Waals surface area contributed by atoms with Gasteiger partial charge in [-0.25, -0.2) is 0 Å². The summed E-state index contributed by atoms with van der Waals surface area (Å²) in [4.78, 5) is 0. The lowest BCUT2D eigenvalue weighted by Crippen LogP contribution is -2.39. The third-order valence-electron chi connectivity index (χ3n) is 1.10. The molecule has 0 aromatic carbocycles. The zero-order valence-electron chi connectivity index (χ0n) is 9.56. The molecule has 6 nitrogen and oxygen atoms in total. The fourth-order valence-electron chi connectivity index (χ4n) is 0.808. The van der Waals surface area contributed by atoms with Crippen LogP contribution in [0.3, 0.4) is 0 Å². The molecule has 0 radical (unpaired) electrons. The summed E-state index contributed by atoms with van der Waals surface area (Å²) in [6.45, 7) is 6.23. The molecule has 0 bridgehead atoms. The lowest BCUT2D eigenvalue weighted by atomic mass is 10.6. The van der Waals surface area contributed by atoms with Gasteiger partial charge in [-0.15, -0.1) is 0 Å². The SMILES string of the molecule is CCOC(C)(OCC)OC(N)=S.NC(O)=S. The maximum atomic E-state index is 7.56. The first-order chi connectivity index (χ1) is 7.27. The van der Waals surface area contributed by atoms with Gasteiger partial charge in [0.15, 0.2) is 0 Å². The van der Waals surface area contributed by atoms with E-state index in [1.807, 2.05) is 13.8 Å². The maximum Gasteiger partial charge on any atom is 0.325 e. The Morgan fingerprint density at radius 2 is 1.50 bits per heavy atom. The third kappa shape index (κ3) is 13.3. The Balaban J connectivity index is 0. The van der Waals surface area contributed by atoms with E-state index in [-0.39, 0.29) is 5.17 Å². The van der Waals surface area contributed by atoms with Gasteiger partial charge >= 0.3 is 5.97 Å². The summed E-state index contributed by atoms with van der Waals surface area (Å²) in [7, 11) is 0. The number of nitrogens with two attached hydrogens (primary N) is 2. The van der Waals surface area contributed by atoms with Crippen LogP contribution in [-0.2, 0) is 14.2 Å². The van der Waals surface area contributed by atoms with Gasteiger partial charge in [0.1, 0.15) is 0 Å².